The highest BCUT2D eigenvalue weighted by Gasteiger charge is 2.55. The van der Waals surface area contributed by atoms with E-state index in [1.165, 1.54) is 0 Å². The molecule has 2 aliphatic rings. The van der Waals surface area contributed by atoms with E-state index in [0.717, 1.165) is 24.2 Å². The van der Waals surface area contributed by atoms with Crippen LogP contribution in [-0.2, 0) is 11.3 Å². The van der Waals surface area contributed by atoms with Gasteiger partial charge in [-0.2, -0.15) is 0 Å². The van der Waals surface area contributed by atoms with Crippen LogP contribution in [0.25, 0.3) is 0 Å². The first-order valence-corrected chi connectivity index (χ1v) is 10.5. The molecule has 154 valence electrons. The third-order valence-electron chi connectivity index (χ3n) is 6.49. The van der Waals surface area contributed by atoms with E-state index >= 15 is 0 Å². The van der Waals surface area contributed by atoms with Crippen molar-refractivity contribution in [1.29, 1.82) is 0 Å². The molecule has 1 amide bonds. The number of amides is 1. The van der Waals surface area contributed by atoms with E-state index in [2.05, 4.69) is 17.1 Å². The Morgan fingerprint density at radius 2 is 1.97 bits per heavy atom. The van der Waals surface area contributed by atoms with Gasteiger partial charge in [0.2, 0.25) is 5.91 Å². The maximum atomic E-state index is 13.4. The fourth-order valence-corrected chi connectivity index (χ4v) is 5.17. The van der Waals surface area contributed by atoms with Crippen molar-refractivity contribution in [1.82, 2.24) is 14.8 Å². The number of pyridine rings is 1. The Kier molecular flexibility index (Phi) is 5.56. The number of fused-ring (bicyclic) bond motifs is 4. The summed E-state index contributed by atoms with van der Waals surface area (Å²) in [4.78, 5) is 28.2. The van der Waals surface area contributed by atoms with Crippen LogP contribution in [-0.4, -0.2) is 39.7 Å². The lowest BCUT2D eigenvalue weighted by molar-refractivity contribution is -0.128. The highest BCUT2D eigenvalue weighted by atomic mass is 16.3. The van der Waals surface area contributed by atoms with E-state index in [4.69, 9.17) is 0 Å². The Hall–Kier alpha value is -2.44. The Bertz CT molecular complexity index is 926. The van der Waals surface area contributed by atoms with Gasteiger partial charge in [0.25, 0.3) is 5.56 Å². The van der Waals surface area contributed by atoms with Crippen molar-refractivity contribution in [3.8, 4) is 0 Å². The number of nitrogens with zero attached hydrogens (tertiary/aromatic N) is 2. The summed E-state index contributed by atoms with van der Waals surface area (Å²) in [5.74, 6) is -0.647. The molecule has 0 radical (unpaired) electrons. The zero-order valence-corrected chi connectivity index (χ0v) is 17.0. The molecule has 0 unspecified atom stereocenters. The summed E-state index contributed by atoms with van der Waals surface area (Å²) in [6.07, 6.45) is 0.955. The molecule has 5 atom stereocenters. The molecule has 29 heavy (non-hydrogen) atoms. The van der Waals surface area contributed by atoms with Gasteiger partial charge in [-0.15, -0.1) is 0 Å². The number of aliphatic hydroxyl groups is 1. The molecule has 2 bridgehead atoms. The second kappa shape index (κ2) is 8.13. The van der Waals surface area contributed by atoms with Crippen LogP contribution in [0.4, 0.5) is 0 Å². The lowest BCUT2D eigenvalue weighted by Crippen LogP contribution is -2.46. The number of rotatable bonds is 6. The van der Waals surface area contributed by atoms with E-state index < -0.39 is 5.92 Å². The van der Waals surface area contributed by atoms with Crippen LogP contribution in [0.15, 0.2) is 53.3 Å². The summed E-state index contributed by atoms with van der Waals surface area (Å²) < 4.78 is 1.79. The summed E-state index contributed by atoms with van der Waals surface area (Å²) in [5, 5.41) is 13.4. The van der Waals surface area contributed by atoms with Gasteiger partial charge < -0.3 is 15.0 Å². The highest BCUT2D eigenvalue weighted by Crippen LogP contribution is 2.48. The third kappa shape index (κ3) is 3.40. The molecule has 2 aromatic rings. The van der Waals surface area contributed by atoms with Crippen molar-refractivity contribution in [2.75, 3.05) is 13.2 Å². The lowest BCUT2D eigenvalue weighted by atomic mass is 9.86. The van der Waals surface area contributed by atoms with E-state index in [1.54, 1.807) is 16.7 Å². The SMILES string of the molecule is CCCN1[C@@H]2c3cccc(=O)n3C[C@H]1[C@H](CO)[C@H]2C(=O)N[C@@H](C)c1ccccc1. The molecule has 1 aromatic heterocycles. The number of hydrogen-bond donors (Lipinski definition) is 2. The summed E-state index contributed by atoms with van der Waals surface area (Å²) in [6, 6.07) is 14.8. The smallest absolute Gasteiger partial charge is 0.250 e. The van der Waals surface area contributed by atoms with Crippen LogP contribution in [0.5, 0.6) is 0 Å². The number of nitrogens with one attached hydrogen (secondary N) is 1. The Balaban J connectivity index is 1.69. The molecular weight excluding hydrogens is 366 g/mol. The first-order valence-electron chi connectivity index (χ1n) is 10.5. The minimum Gasteiger partial charge on any atom is -0.396 e. The van der Waals surface area contributed by atoms with Gasteiger partial charge in [0.1, 0.15) is 0 Å². The van der Waals surface area contributed by atoms with Crippen LogP contribution in [0.3, 0.4) is 0 Å². The van der Waals surface area contributed by atoms with Gasteiger partial charge in [0.05, 0.1) is 18.0 Å². The molecule has 2 N–H and O–H groups in total. The second-order valence-corrected chi connectivity index (χ2v) is 8.16. The largest absolute Gasteiger partial charge is 0.396 e. The zero-order chi connectivity index (χ0) is 20.5. The number of aliphatic hydroxyl groups excluding tert-OH is 1. The highest BCUT2D eigenvalue weighted by molar-refractivity contribution is 5.81. The average Bonchev–Trinajstić information content (AvgIpc) is 2.94. The summed E-state index contributed by atoms with van der Waals surface area (Å²) in [6.45, 7) is 5.39. The van der Waals surface area contributed by atoms with Gasteiger partial charge in [-0.05, 0) is 31.5 Å². The van der Waals surface area contributed by atoms with Crippen molar-refractivity contribution in [2.45, 2.75) is 44.9 Å². The van der Waals surface area contributed by atoms with Gasteiger partial charge in [-0.25, -0.2) is 0 Å². The first kappa shape index (κ1) is 19.9. The monoisotopic (exact) mass is 395 g/mol. The number of benzene rings is 1. The standard InChI is InChI=1S/C23H29N3O3/c1-3-12-25-19-13-26-18(10-7-11-20(26)28)22(25)21(17(19)14-27)23(29)24-15(2)16-8-5-4-6-9-16/h4-11,15,17,19,21-22,27H,3,12-14H2,1-2H3,(H,24,29)/t15-,17-,19-,21+,22+/m0/s1. The van der Waals surface area contributed by atoms with Gasteiger partial charge in [0.15, 0.2) is 0 Å². The summed E-state index contributed by atoms with van der Waals surface area (Å²) >= 11 is 0. The summed E-state index contributed by atoms with van der Waals surface area (Å²) in [5.41, 5.74) is 1.89. The molecule has 6 nitrogen and oxygen atoms in total. The number of carbonyl (C=O) groups is 1. The molecule has 1 fully saturated rings. The van der Waals surface area contributed by atoms with Gasteiger partial charge in [-0.1, -0.05) is 43.3 Å². The van der Waals surface area contributed by atoms with Crippen LogP contribution in [0, 0.1) is 11.8 Å². The van der Waals surface area contributed by atoms with Crippen molar-refractivity contribution in [3.63, 3.8) is 0 Å². The molecule has 0 aliphatic carbocycles. The minimum atomic E-state index is -0.390. The number of aromatic nitrogens is 1. The molecule has 0 spiro atoms. The molecule has 3 heterocycles. The van der Waals surface area contributed by atoms with Crippen molar-refractivity contribution in [2.24, 2.45) is 11.8 Å². The van der Waals surface area contributed by atoms with Crippen molar-refractivity contribution in [3.05, 3.63) is 70.1 Å². The van der Waals surface area contributed by atoms with Gasteiger partial charge in [0, 0.05) is 36.9 Å². The average molecular weight is 396 g/mol. The van der Waals surface area contributed by atoms with Crippen molar-refractivity contribution < 1.29 is 9.90 Å². The normalized spacial score (nSPS) is 26.7. The van der Waals surface area contributed by atoms with E-state index in [-0.39, 0.29) is 42.1 Å². The topological polar surface area (TPSA) is 74.6 Å². The van der Waals surface area contributed by atoms with E-state index in [9.17, 15) is 14.7 Å². The van der Waals surface area contributed by atoms with Crippen LogP contribution < -0.4 is 10.9 Å². The zero-order valence-electron chi connectivity index (χ0n) is 17.0. The predicted molar refractivity (Wildman–Crippen MR) is 111 cm³/mol. The van der Waals surface area contributed by atoms with Crippen LogP contribution in [0.2, 0.25) is 0 Å². The molecular formula is C23H29N3O3. The number of hydrogen-bond acceptors (Lipinski definition) is 4. The maximum Gasteiger partial charge on any atom is 0.250 e. The van der Waals surface area contributed by atoms with Gasteiger partial charge >= 0.3 is 0 Å². The molecule has 0 saturated carbocycles. The maximum absolute atomic E-state index is 13.4. The van der Waals surface area contributed by atoms with Crippen molar-refractivity contribution >= 4 is 5.91 Å². The lowest BCUT2D eigenvalue weighted by Gasteiger charge is -2.38. The van der Waals surface area contributed by atoms with E-state index in [1.807, 2.05) is 43.3 Å². The molecule has 1 saturated heterocycles. The first-order chi connectivity index (χ1) is 14.1. The molecule has 1 aromatic carbocycles. The fourth-order valence-electron chi connectivity index (χ4n) is 5.17. The number of carbonyl (C=O) groups excluding carboxylic acids is 1. The third-order valence-corrected chi connectivity index (χ3v) is 6.49. The van der Waals surface area contributed by atoms with Crippen LogP contribution >= 0.6 is 0 Å². The Labute approximate surface area is 171 Å². The second-order valence-electron chi connectivity index (χ2n) is 8.16. The van der Waals surface area contributed by atoms with Gasteiger partial charge in [-0.3, -0.25) is 14.5 Å². The fraction of sp³-hybridized carbons (Fsp3) is 0.478. The quantitative estimate of drug-likeness (QED) is 0.786. The molecule has 4 rings (SSSR count). The Morgan fingerprint density at radius 3 is 2.66 bits per heavy atom. The molecule has 2 aliphatic heterocycles. The molecule has 6 heteroatoms. The Morgan fingerprint density at radius 1 is 1.21 bits per heavy atom. The minimum absolute atomic E-state index is 0.0136. The summed E-state index contributed by atoms with van der Waals surface area (Å²) in [7, 11) is 0. The van der Waals surface area contributed by atoms with Crippen LogP contribution in [0.1, 0.15) is 43.6 Å². The predicted octanol–water partition coefficient (Wildman–Crippen LogP) is 2.10. The van der Waals surface area contributed by atoms with E-state index in [0.29, 0.717) is 6.54 Å².